The highest BCUT2D eigenvalue weighted by molar-refractivity contribution is 5.95. The normalized spacial score (nSPS) is 16.0. The van der Waals surface area contributed by atoms with Crippen LogP contribution in [-0.2, 0) is 20.8 Å². The predicted octanol–water partition coefficient (Wildman–Crippen LogP) is 3.88. The molecule has 4 heterocycles. The number of cyclic esters (lactones) is 1. The maximum atomic E-state index is 12.5. The Hall–Kier alpha value is -4.91. The van der Waals surface area contributed by atoms with Gasteiger partial charge >= 0.3 is 12.2 Å². The van der Waals surface area contributed by atoms with E-state index in [9.17, 15) is 14.4 Å². The lowest BCUT2D eigenvalue weighted by molar-refractivity contribution is -0.118. The molecular weight excluding hydrogens is 568 g/mol. The van der Waals surface area contributed by atoms with Crippen LogP contribution >= 0.6 is 0 Å². The minimum absolute atomic E-state index is 0.0590. The molecule has 13 nitrogen and oxygen atoms in total. The fourth-order valence-corrected chi connectivity index (χ4v) is 4.61. The first-order chi connectivity index (χ1) is 21.1. The smallest absolute Gasteiger partial charge is 0.415 e. The number of hydrogen-bond acceptors (Lipinski definition) is 10. The summed E-state index contributed by atoms with van der Waals surface area (Å²) in [6.45, 7) is 7.58. The van der Waals surface area contributed by atoms with Crippen molar-refractivity contribution in [2.75, 3.05) is 43.1 Å². The molecule has 3 N–H and O–H groups in total. The Labute approximate surface area is 255 Å². The van der Waals surface area contributed by atoms with Gasteiger partial charge in [0.05, 0.1) is 19.3 Å². The van der Waals surface area contributed by atoms with E-state index in [1.165, 1.54) is 4.90 Å². The van der Waals surface area contributed by atoms with E-state index in [2.05, 4.69) is 32.0 Å². The van der Waals surface area contributed by atoms with Gasteiger partial charge in [0.15, 0.2) is 18.2 Å². The van der Waals surface area contributed by atoms with Gasteiger partial charge in [0.2, 0.25) is 0 Å². The number of benzene rings is 1. The van der Waals surface area contributed by atoms with E-state index in [1.807, 2.05) is 45.0 Å². The molecular formula is C31H36N6O7. The number of hydrogen-bond donors (Lipinski definition) is 3. The zero-order valence-electron chi connectivity index (χ0n) is 24.9. The van der Waals surface area contributed by atoms with Crippen molar-refractivity contribution in [2.24, 2.45) is 0 Å². The van der Waals surface area contributed by atoms with Gasteiger partial charge in [-0.05, 0) is 69.1 Å². The van der Waals surface area contributed by atoms with E-state index in [0.29, 0.717) is 55.7 Å². The lowest BCUT2D eigenvalue weighted by Crippen LogP contribution is -2.34. The fourth-order valence-electron chi connectivity index (χ4n) is 4.61. The second kappa shape index (κ2) is 13.6. The first kappa shape index (κ1) is 30.5. The average Bonchev–Trinajstić information content (AvgIpc) is 3.36. The standard InChI is InChI=1S/C31H36N6O7/c1-31(2,3)44-29(39)34-11-12-41-24-14-22(16-33-17-24)21-6-4-5-20(13-21)15-32-10-9-23-18-37(30(40)43-23)26-8-7-25-28(35-26)36-27(38)19-42-25/h4-8,13-14,16-17,23,32H,9-12,15,18-19H2,1-3H3,(H,34,39)(H,35,36,38)/t23-/m0/s1. The van der Waals surface area contributed by atoms with Gasteiger partial charge in [-0.2, -0.15) is 0 Å². The molecule has 5 rings (SSSR count). The summed E-state index contributed by atoms with van der Waals surface area (Å²) >= 11 is 0. The van der Waals surface area contributed by atoms with E-state index >= 15 is 0 Å². The summed E-state index contributed by atoms with van der Waals surface area (Å²) in [6, 6.07) is 13.4. The monoisotopic (exact) mass is 604 g/mol. The number of ether oxygens (including phenoxy) is 4. The van der Waals surface area contributed by atoms with Crippen LogP contribution in [0, 0.1) is 0 Å². The van der Waals surface area contributed by atoms with Crippen molar-refractivity contribution >= 4 is 29.7 Å². The number of nitrogens with zero attached hydrogens (tertiary/aromatic N) is 3. The predicted molar refractivity (Wildman–Crippen MR) is 162 cm³/mol. The zero-order valence-corrected chi connectivity index (χ0v) is 24.9. The van der Waals surface area contributed by atoms with Crippen molar-refractivity contribution in [3.05, 3.63) is 60.4 Å². The second-order valence-electron chi connectivity index (χ2n) is 11.3. The van der Waals surface area contributed by atoms with Crippen LogP contribution in [0.1, 0.15) is 32.8 Å². The second-order valence-corrected chi connectivity index (χ2v) is 11.3. The van der Waals surface area contributed by atoms with Crippen molar-refractivity contribution in [2.45, 2.75) is 45.4 Å². The third kappa shape index (κ3) is 8.34. The highest BCUT2D eigenvalue weighted by Gasteiger charge is 2.33. The lowest BCUT2D eigenvalue weighted by atomic mass is 10.0. The van der Waals surface area contributed by atoms with Crippen molar-refractivity contribution < 1.29 is 33.3 Å². The lowest BCUT2D eigenvalue weighted by Gasteiger charge is -2.19. The Kier molecular flexibility index (Phi) is 9.44. The highest BCUT2D eigenvalue weighted by atomic mass is 16.6. The number of aromatic nitrogens is 2. The van der Waals surface area contributed by atoms with Crippen LogP contribution in [0.25, 0.3) is 11.1 Å². The molecule has 2 aromatic heterocycles. The van der Waals surface area contributed by atoms with Gasteiger partial charge in [-0.25, -0.2) is 14.6 Å². The molecule has 232 valence electrons. The van der Waals surface area contributed by atoms with Crippen molar-refractivity contribution in [1.82, 2.24) is 20.6 Å². The minimum Gasteiger partial charge on any atom is -0.490 e. The summed E-state index contributed by atoms with van der Waals surface area (Å²) in [5.74, 6) is 1.46. The maximum absolute atomic E-state index is 12.5. The van der Waals surface area contributed by atoms with Gasteiger partial charge in [0.25, 0.3) is 5.91 Å². The molecule has 0 radical (unpaired) electrons. The Balaban J connectivity index is 1.06. The molecule has 3 amide bonds. The first-order valence-corrected chi connectivity index (χ1v) is 14.4. The van der Waals surface area contributed by atoms with Crippen LogP contribution < -0.4 is 30.3 Å². The van der Waals surface area contributed by atoms with Gasteiger partial charge in [-0.15, -0.1) is 0 Å². The van der Waals surface area contributed by atoms with E-state index in [0.717, 1.165) is 16.7 Å². The molecule has 2 aliphatic rings. The van der Waals surface area contributed by atoms with Crippen molar-refractivity contribution in [3.63, 3.8) is 0 Å². The highest BCUT2D eigenvalue weighted by Crippen LogP contribution is 2.30. The largest absolute Gasteiger partial charge is 0.490 e. The van der Waals surface area contributed by atoms with Crippen LogP contribution in [0.5, 0.6) is 11.5 Å². The molecule has 1 saturated heterocycles. The van der Waals surface area contributed by atoms with Crippen molar-refractivity contribution in [3.8, 4) is 22.6 Å². The molecule has 1 aromatic carbocycles. The summed E-state index contributed by atoms with van der Waals surface area (Å²) in [5.41, 5.74) is 2.43. The Bertz CT molecular complexity index is 1510. The summed E-state index contributed by atoms with van der Waals surface area (Å²) in [6.07, 6.45) is 2.78. The van der Waals surface area contributed by atoms with Crippen LogP contribution in [0.4, 0.5) is 21.2 Å². The van der Waals surface area contributed by atoms with E-state index in [4.69, 9.17) is 18.9 Å². The molecule has 3 aromatic rings. The van der Waals surface area contributed by atoms with E-state index in [1.54, 1.807) is 24.5 Å². The van der Waals surface area contributed by atoms with E-state index in [-0.39, 0.29) is 25.2 Å². The Morgan fingerprint density at radius 2 is 1.98 bits per heavy atom. The van der Waals surface area contributed by atoms with Crippen molar-refractivity contribution in [1.29, 1.82) is 0 Å². The number of anilines is 2. The van der Waals surface area contributed by atoms with Gasteiger partial charge < -0.3 is 34.9 Å². The molecule has 0 spiro atoms. The number of carbonyl (C=O) groups is 3. The molecule has 0 saturated carbocycles. The quantitative estimate of drug-likeness (QED) is 0.275. The zero-order chi connectivity index (χ0) is 31.1. The third-order valence-corrected chi connectivity index (χ3v) is 6.60. The van der Waals surface area contributed by atoms with Crippen LogP contribution in [0.2, 0.25) is 0 Å². The van der Waals surface area contributed by atoms with E-state index < -0.39 is 17.8 Å². The van der Waals surface area contributed by atoms with Gasteiger partial charge in [-0.3, -0.25) is 14.7 Å². The number of alkyl carbamates (subject to hydrolysis) is 1. The molecule has 0 bridgehead atoms. The topological polar surface area (TPSA) is 153 Å². The SMILES string of the molecule is CC(C)(C)OC(=O)NCCOc1cncc(-c2cccc(CNCC[C@H]3CN(c4ccc5c(n4)NC(=O)CO5)C(=O)O3)c2)c1. The third-order valence-electron chi connectivity index (χ3n) is 6.60. The molecule has 0 unspecified atom stereocenters. The number of rotatable bonds is 11. The number of pyridine rings is 2. The number of carbonyl (C=O) groups excluding carboxylic acids is 3. The number of amides is 3. The summed E-state index contributed by atoms with van der Waals surface area (Å²) in [4.78, 5) is 46.0. The maximum Gasteiger partial charge on any atom is 0.415 e. The average molecular weight is 605 g/mol. The molecule has 44 heavy (non-hydrogen) atoms. The van der Waals surface area contributed by atoms with Crippen LogP contribution in [-0.4, -0.2) is 72.6 Å². The van der Waals surface area contributed by atoms with Gasteiger partial charge in [0, 0.05) is 18.3 Å². The summed E-state index contributed by atoms with van der Waals surface area (Å²) in [5, 5.41) is 8.74. The molecule has 1 fully saturated rings. The first-order valence-electron chi connectivity index (χ1n) is 14.4. The Morgan fingerprint density at radius 3 is 2.82 bits per heavy atom. The summed E-state index contributed by atoms with van der Waals surface area (Å²) in [7, 11) is 0. The Morgan fingerprint density at radius 1 is 1.11 bits per heavy atom. The van der Waals surface area contributed by atoms with Gasteiger partial charge in [0.1, 0.15) is 29.9 Å². The minimum atomic E-state index is -0.555. The molecule has 2 aliphatic heterocycles. The molecule has 0 aliphatic carbocycles. The number of nitrogens with one attached hydrogen (secondary N) is 3. The number of fused-ring (bicyclic) bond motifs is 1. The van der Waals surface area contributed by atoms with Crippen LogP contribution in [0.15, 0.2) is 54.9 Å². The molecule has 1 atom stereocenters. The van der Waals surface area contributed by atoms with Gasteiger partial charge in [-0.1, -0.05) is 18.2 Å². The summed E-state index contributed by atoms with van der Waals surface area (Å²) < 4.78 is 21.9. The van der Waals surface area contributed by atoms with Crippen LogP contribution in [0.3, 0.4) is 0 Å². The fraction of sp³-hybridized carbons (Fsp3) is 0.387. The molecule has 13 heteroatoms.